The minimum Gasteiger partial charge on any atom is -0.149 e. The van der Waals surface area contributed by atoms with Gasteiger partial charge in [0.15, 0.2) is 0 Å². The number of thiophene rings is 1. The van der Waals surface area contributed by atoms with Crippen molar-refractivity contribution >= 4 is 27.3 Å². The quantitative estimate of drug-likeness (QED) is 0.697. The molecule has 2 atom stereocenters. The van der Waals surface area contributed by atoms with E-state index in [0.717, 1.165) is 4.83 Å². The zero-order valence-corrected chi connectivity index (χ0v) is 10.3. The van der Waals surface area contributed by atoms with Crippen LogP contribution in [0.25, 0.3) is 0 Å². The molecule has 0 N–H and O–H groups in total. The average Bonchev–Trinajstić information content (AvgIpc) is 2.62. The van der Waals surface area contributed by atoms with Crippen molar-refractivity contribution in [3.8, 4) is 0 Å². The first kappa shape index (κ1) is 9.72. The molecular weight excluding hydrogens is 244 g/mol. The fourth-order valence-corrected chi connectivity index (χ4v) is 4.17. The van der Waals surface area contributed by atoms with Crippen LogP contribution >= 0.6 is 27.3 Å². The Morgan fingerprint density at radius 3 is 3.08 bits per heavy atom. The van der Waals surface area contributed by atoms with Gasteiger partial charge < -0.3 is 0 Å². The smallest absolute Gasteiger partial charge is 0.0151 e. The van der Waals surface area contributed by atoms with Crippen molar-refractivity contribution in [3.05, 3.63) is 22.4 Å². The maximum Gasteiger partial charge on any atom is 0.0151 e. The van der Waals surface area contributed by atoms with Crippen LogP contribution in [0.4, 0.5) is 0 Å². The molecule has 1 aromatic heterocycles. The second kappa shape index (κ2) is 3.74. The minimum atomic E-state index is 0.555. The molecule has 0 saturated heterocycles. The molecule has 0 aromatic carbocycles. The normalized spacial score (nSPS) is 33.8. The van der Waals surface area contributed by atoms with Crippen LogP contribution in [0, 0.1) is 5.41 Å². The van der Waals surface area contributed by atoms with E-state index in [1.165, 1.54) is 25.7 Å². The second-order valence-electron chi connectivity index (χ2n) is 4.41. The molecule has 2 heteroatoms. The summed E-state index contributed by atoms with van der Waals surface area (Å²) in [6.45, 7) is 2.42. The summed E-state index contributed by atoms with van der Waals surface area (Å²) >= 11 is 5.62. The minimum absolute atomic E-state index is 0.555. The molecule has 0 amide bonds. The van der Waals surface area contributed by atoms with Crippen LogP contribution in [0.2, 0.25) is 0 Å². The molecule has 1 aromatic rings. The molecule has 2 rings (SSSR count). The Hall–Kier alpha value is 0.180. The van der Waals surface area contributed by atoms with Crippen LogP contribution in [0.3, 0.4) is 0 Å². The predicted octanol–water partition coefficient (Wildman–Crippen LogP) is 4.24. The molecule has 13 heavy (non-hydrogen) atoms. The Bertz CT molecular complexity index is 268. The van der Waals surface area contributed by atoms with Crippen molar-refractivity contribution in [2.75, 3.05) is 0 Å². The Morgan fingerprint density at radius 1 is 1.69 bits per heavy atom. The lowest BCUT2D eigenvalue weighted by Crippen LogP contribution is -2.14. The third-order valence-corrected chi connectivity index (χ3v) is 4.61. The first-order chi connectivity index (χ1) is 6.18. The summed E-state index contributed by atoms with van der Waals surface area (Å²) in [6.07, 6.45) is 5.33. The molecule has 2 unspecified atom stereocenters. The molecule has 1 aliphatic rings. The fraction of sp³-hybridized carbons (Fsp3) is 0.636. The molecule has 1 saturated carbocycles. The van der Waals surface area contributed by atoms with E-state index in [9.17, 15) is 0 Å². The van der Waals surface area contributed by atoms with Crippen molar-refractivity contribution < 1.29 is 0 Å². The molecule has 1 aliphatic carbocycles. The lowest BCUT2D eigenvalue weighted by atomic mass is 9.85. The zero-order chi connectivity index (χ0) is 9.31. The van der Waals surface area contributed by atoms with Gasteiger partial charge in [-0.1, -0.05) is 28.9 Å². The second-order valence-corrected chi connectivity index (χ2v) is 6.73. The summed E-state index contributed by atoms with van der Waals surface area (Å²) in [4.78, 5) is 2.31. The van der Waals surface area contributed by atoms with Crippen molar-refractivity contribution in [1.82, 2.24) is 0 Å². The maximum absolute atomic E-state index is 3.72. The molecule has 0 nitrogen and oxygen atoms in total. The first-order valence-electron chi connectivity index (χ1n) is 4.84. The number of alkyl halides is 1. The highest BCUT2D eigenvalue weighted by Crippen LogP contribution is 2.43. The van der Waals surface area contributed by atoms with Gasteiger partial charge in [0.25, 0.3) is 0 Å². The SMILES string of the molecule is CC1(Cc2cccs2)CCC(Br)C1. The van der Waals surface area contributed by atoms with Crippen LogP contribution in [0.1, 0.15) is 31.1 Å². The molecule has 72 valence electrons. The summed E-state index contributed by atoms with van der Waals surface area (Å²) in [5, 5.41) is 2.18. The van der Waals surface area contributed by atoms with Gasteiger partial charge in [-0.25, -0.2) is 0 Å². The largest absolute Gasteiger partial charge is 0.149 e. The van der Waals surface area contributed by atoms with E-state index in [1.54, 1.807) is 4.88 Å². The Morgan fingerprint density at radius 2 is 2.54 bits per heavy atom. The van der Waals surface area contributed by atoms with E-state index in [-0.39, 0.29) is 0 Å². The van der Waals surface area contributed by atoms with E-state index in [4.69, 9.17) is 0 Å². The Balaban J connectivity index is 2.01. The third kappa shape index (κ3) is 2.35. The van der Waals surface area contributed by atoms with Gasteiger partial charge in [-0.05, 0) is 42.5 Å². The van der Waals surface area contributed by atoms with Gasteiger partial charge in [-0.2, -0.15) is 0 Å². The highest BCUT2D eigenvalue weighted by molar-refractivity contribution is 9.09. The highest BCUT2D eigenvalue weighted by atomic mass is 79.9. The van der Waals surface area contributed by atoms with Crippen molar-refractivity contribution in [1.29, 1.82) is 0 Å². The van der Waals surface area contributed by atoms with Crippen molar-refractivity contribution in [2.45, 2.75) is 37.4 Å². The topological polar surface area (TPSA) is 0 Å². The van der Waals surface area contributed by atoms with Crippen LogP contribution in [-0.2, 0) is 6.42 Å². The van der Waals surface area contributed by atoms with E-state index >= 15 is 0 Å². The predicted molar refractivity (Wildman–Crippen MR) is 62.7 cm³/mol. The monoisotopic (exact) mass is 258 g/mol. The number of rotatable bonds is 2. The molecule has 1 fully saturated rings. The molecule has 0 aliphatic heterocycles. The van der Waals surface area contributed by atoms with Crippen LogP contribution in [-0.4, -0.2) is 4.83 Å². The van der Waals surface area contributed by atoms with Gasteiger partial charge in [0.2, 0.25) is 0 Å². The van der Waals surface area contributed by atoms with Crippen LogP contribution in [0.5, 0.6) is 0 Å². The van der Waals surface area contributed by atoms with Gasteiger partial charge in [0, 0.05) is 9.70 Å². The van der Waals surface area contributed by atoms with E-state index in [1.807, 2.05) is 11.3 Å². The van der Waals surface area contributed by atoms with Gasteiger partial charge in [0.1, 0.15) is 0 Å². The number of hydrogen-bond donors (Lipinski definition) is 0. The van der Waals surface area contributed by atoms with E-state index in [2.05, 4.69) is 40.4 Å². The fourth-order valence-electron chi connectivity index (χ4n) is 2.24. The lowest BCUT2D eigenvalue weighted by Gasteiger charge is -2.22. The maximum atomic E-state index is 3.72. The summed E-state index contributed by atoms with van der Waals surface area (Å²) in [5.74, 6) is 0. The summed E-state index contributed by atoms with van der Waals surface area (Å²) in [7, 11) is 0. The molecule has 0 radical (unpaired) electrons. The third-order valence-electron chi connectivity index (χ3n) is 2.96. The van der Waals surface area contributed by atoms with Gasteiger partial charge in [-0.3, -0.25) is 0 Å². The summed E-state index contributed by atoms with van der Waals surface area (Å²) in [5.41, 5.74) is 0.555. The summed E-state index contributed by atoms with van der Waals surface area (Å²) < 4.78 is 0. The Kier molecular flexibility index (Phi) is 2.80. The molecule has 0 spiro atoms. The van der Waals surface area contributed by atoms with Gasteiger partial charge >= 0.3 is 0 Å². The first-order valence-corrected chi connectivity index (χ1v) is 6.64. The standard InChI is InChI=1S/C11H15BrS/c1-11(5-4-9(12)7-11)8-10-3-2-6-13-10/h2-3,6,9H,4-5,7-8H2,1H3. The number of hydrogen-bond acceptors (Lipinski definition) is 1. The molecule has 0 bridgehead atoms. The van der Waals surface area contributed by atoms with Gasteiger partial charge in [0.05, 0.1) is 0 Å². The molecule has 1 heterocycles. The van der Waals surface area contributed by atoms with Crippen LogP contribution < -0.4 is 0 Å². The highest BCUT2D eigenvalue weighted by Gasteiger charge is 2.33. The van der Waals surface area contributed by atoms with Gasteiger partial charge in [-0.15, -0.1) is 11.3 Å². The Labute approximate surface area is 92.5 Å². The average molecular weight is 259 g/mol. The van der Waals surface area contributed by atoms with Crippen molar-refractivity contribution in [3.63, 3.8) is 0 Å². The van der Waals surface area contributed by atoms with E-state index < -0.39 is 0 Å². The lowest BCUT2D eigenvalue weighted by molar-refractivity contribution is 0.338. The summed E-state index contributed by atoms with van der Waals surface area (Å²) in [6, 6.07) is 4.42. The van der Waals surface area contributed by atoms with Crippen LogP contribution in [0.15, 0.2) is 17.5 Å². The zero-order valence-electron chi connectivity index (χ0n) is 7.92. The van der Waals surface area contributed by atoms with E-state index in [0.29, 0.717) is 5.41 Å². The number of halogens is 1. The molecular formula is C11H15BrS. The van der Waals surface area contributed by atoms with Crippen molar-refractivity contribution in [2.24, 2.45) is 5.41 Å².